The van der Waals surface area contributed by atoms with Gasteiger partial charge in [-0.2, -0.15) is 0 Å². The van der Waals surface area contributed by atoms with Gasteiger partial charge in [-0.3, -0.25) is 0 Å². The summed E-state index contributed by atoms with van der Waals surface area (Å²) < 4.78 is 9.59. The van der Waals surface area contributed by atoms with Gasteiger partial charge in [-0.15, -0.1) is 11.3 Å². The van der Waals surface area contributed by atoms with Crippen molar-refractivity contribution < 1.29 is 4.42 Å². The highest BCUT2D eigenvalue weighted by Crippen LogP contribution is 2.45. The number of hydrogen-bond donors (Lipinski definition) is 0. The molecule has 0 N–H and O–H groups in total. The number of furan rings is 1. The average Bonchev–Trinajstić information content (AvgIpc) is 3.87. The Bertz CT molecular complexity index is 3200. The van der Waals surface area contributed by atoms with E-state index in [9.17, 15) is 0 Å². The molecule has 0 atom stereocenters. The van der Waals surface area contributed by atoms with Crippen molar-refractivity contribution in [2.45, 2.75) is 0 Å². The van der Waals surface area contributed by atoms with Crippen LogP contribution in [0.15, 0.2) is 217 Å². The molecule has 0 aliphatic rings. The van der Waals surface area contributed by atoms with Crippen LogP contribution in [0, 0.1) is 0 Å². The zero-order valence-electron chi connectivity index (χ0n) is 31.0. The average molecular weight is 746 g/mol. The zero-order valence-corrected chi connectivity index (χ0v) is 31.8. The van der Waals surface area contributed by atoms with Crippen LogP contribution in [0.3, 0.4) is 0 Å². The van der Waals surface area contributed by atoms with E-state index in [1.165, 1.54) is 53.6 Å². The normalized spacial score (nSPS) is 11.5. The van der Waals surface area contributed by atoms with Crippen LogP contribution in [0.25, 0.3) is 86.6 Å². The molecule has 9 aromatic carbocycles. The minimum Gasteiger partial charge on any atom is -0.453 e. The van der Waals surface area contributed by atoms with Crippen LogP contribution in [-0.2, 0) is 0 Å². The van der Waals surface area contributed by atoms with E-state index in [4.69, 9.17) is 4.42 Å². The van der Waals surface area contributed by atoms with Crippen LogP contribution in [0.2, 0.25) is 0 Å². The van der Waals surface area contributed by atoms with Crippen molar-refractivity contribution in [3.05, 3.63) is 212 Å². The molecule has 268 valence electrons. The van der Waals surface area contributed by atoms with Crippen LogP contribution in [0.5, 0.6) is 0 Å². The summed E-state index contributed by atoms with van der Waals surface area (Å²) in [6, 6.07) is 76.1. The SMILES string of the molecule is c1ccc(-c2ccc(N(c3ccc(-c4ccc(-c5cccc6c5sc5ccccc56)cc4)cc3)c3cccc4c3oc3c(-c5ccccc5)cccc34)cc2)cc1. The van der Waals surface area contributed by atoms with Crippen molar-refractivity contribution in [1.82, 2.24) is 0 Å². The van der Waals surface area contributed by atoms with Gasteiger partial charge in [0.05, 0.1) is 5.69 Å². The first-order valence-electron chi connectivity index (χ1n) is 19.3. The first-order valence-corrected chi connectivity index (χ1v) is 20.1. The van der Waals surface area contributed by atoms with Crippen LogP contribution >= 0.6 is 11.3 Å². The first kappa shape index (κ1) is 33.2. The quantitative estimate of drug-likeness (QED) is 0.162. The number of nitrogens with zero attached hydrogens (tertiary/aromatic N) is 1. The fraction of sp³-hybridized carbons (Fsp3) is 0. The Morgan fingerprint density at radius 1 is 0.316 bits per heavy atom. The van der Waals surface area contributed by atoms with Gasteiger partial charge in [-0.1, -0.05) is 176 Å². The Balaban J connectivity index is 0.995. The zero-order chi connectivity index (χ0) is 37.7. The van der Waals surface area contributed by atoms with Crippen molar-refractivity contribution in [2.75, 3.05) is 4.90 Å². The summed E-state index contributed by atoms with van der Waals surface area (Å²) >= 11 is 1.87. The predicted octanol–water partition coefficient (Wildman–Crippen LogP) is 16.1. The number of rotatable bonds is 7. The van der Waals surface area contributed by atoms with Gasteiger partial charge in [0.15, 0.2) is 5.58 Å². The van der Waals surface area contributed by atoms with E-state index in [1.54, 1.807) is 0 Å². The van der Waals surface area contributed by atoms with E-state index in [2.05, 4.69) is 217 Å². The number of para-hydroxylation sites is 2. The van der Waals surface area contributed by atoms with Gasteiger partial charge in [0.25, 0.3) is 0 Å². The summed E-state index contributed by atoms with van der Waals surface area (Å²) in [5.74, 6) is 0. The molecule has 57 heavy (non-hydrogen) atoms. The summed E-state index contributed by atoms with van der Waals surface area (Å²) in [5, 5.41) is 4.84. The molecule has 0 saturated heterocycles. The van der Waals surface area contributed by atoms with Crippen molar-refractivity contribution in [1.29, 1.82) is 0 Å². The predicted molar refractivity (Wildman–Crippen MR) is 243 cm³/mol. The van der Waals surface area contributed by atoms with Gasteiger partial charge in [0.1, 0.15) is 5.58 Å². The van der Waals surface area contributed by atoms with Gasteiger partial charge in [0.2, 0.25) is 0 Å². The number of thiophene rings is 1. The molecule has 0 bridgehead atoms. The molecule has 2 nitrogen and oxygen atoms in total. The molecule has 0 fully saturated rings. The highest BCUT2D eigenvalue weighted by Gasteiger charge is 2.21. The molecule has 3 heteroatoms. The molecule has 2 heterocycles. The lowest BCUT2D eigenvalue weighted by Gasteiger charge is -2.26. The van der Waals surface area contributed by atoms with Gasteiger partial charge in [0, 0.05) is 47.9 Å². The summed E-state index contributed by atoms with van der Waals surface area (Å²) in [4.78, 5) is 2.32. The van der Waals surface area contributed by atoms with Crippen LogP contribution in [0.4, 0.5) is 17.1 Å². The van der Waals surface area contributed by atoms with Crippen molar-refractivity contribution >= 4 is 70.5 Å². The van der Waals surface area contributed by atoms with Crippen molar-refractivity contribution in [2.24, 2.45) is 0 Å². The number of benzene rings is 9. The van der Waals surface area contributed by atoms with E-state index >= 15 is 0 Å². The summed E-state index contributed by atoms with van der Waals surface area (Å²) in [7, 11) is 0. The van der Waals surface area contributed by atoms with Gasteiger partial charge in [-0.25, -0.2) is 0 Å². The Morgan fingerprint density at radius 2 is 0.772 bits per heavy atom. The monoisotopic (exact) mass is 745 g/mol. The second kappa shape index (κ2) is 13.8. The molecule has 11 aromatic rings. The molecule has 0 radical (unpaired) electrons. The Morgan fingerprint density at radius 3 is 1.44 bits per heavy atom. The molecular formula is C54H35NOS. The highest BCUT2D eigenvalue weighted by molar-refractivity contribution is 7.26. The van der Waals surface area contributed by atoms with E-state index in [0.29, 0.717) is 0 Å². The van der Waals surface area contributed by atoms with Crippen molar-refractivity contribution in [3.8, 4) is 44.5 Å². The van der Waals surface area contributed by atoms with Crippen molar-refractivity contribution in [3.63, 3.8) is 0 Å². The summed E-state index contributed by atoms with van der Waals surface area (Å²) in [6.07, 6.45) is 0. The van der Waals surface area contributed by atoms with Gasteiger partial charge < -0.3 is 9.32 Å². The Hall–Kier alpha value is -7.20. The Kier molecular flexibility index (Phi) is 8.04. The number of hydrogen-bond acceptors (Lipinski definition) is 3. The van der Waals surface area contributed by atoms with Gasteiger partial charge >= 0.3 is 0 Å². The second-order valence-electron chi connectivity index (χ2n) is 14.5. The maximum atomic E-state index is 6.93. The fourth-order valence-electron chi connectivity index (χ4n) is 8.31. The van der Waals surface area contributed by atoms with E-state index in [-0.39, 0.29) is 0 Å². The van der Waals surface area contributed by atoms with E-state index < -0.39 is 0 Å². The first-order chi connectivity index (χ1) is 28.3. The van der Waals surface area contributed by atoms with Gasteiger partial charge in [-0.05, 0) is 75.3 Å². The number of fused-ring (bicyclic) bond motifs is 6. The minimum absolute atomic E-state index is 0.858. The maximum absolute atomic E-state index is 6.93. The van der Waals surface area contributed by atoms with Crippen LogP contribution in [-0.4, -0.2) is 0 Å². The Labute approximate surface area is 335 Å². The summed E-state index contributed by atoms with van der Waals surface area (Å²) in [6.45, 7) is 0. The standard InChI is InChI=1S/C54H35NOS/c1-3-12-36(13-4-1)38-28-32-42(33-29-38)55(50-22-11-20-48-47-19-9-17-44(52(47)56-53(48)50)40-14-5-2-6-15-40)43-34-30-39(31-35-43)37-24-26-41(27-25-37)45-18-10-21-49-46-16-7-8-23-51(46)57-54(45)49/h1-35H. The number of anilines is 3. The molecular weight excluding hydrogens is 711 g/mol. The largest absolute Gasteiger partial charge is 0.453 e. The molecule has 0 unspecified atom stereocenters. The second-order valence-corrected chi connectivity index (χ2v) is 15.5. The lowest BCUT2D eigenvalue weighted by molar-refractivity contribution is 0.670. The van der Waals surface area contributed by atoms with E-state index in [1.807, 2.05) is 11.3 Å². The molecule has 0 amide bonds. The third-order valence-electron chi connectivity index (χ3n) is 11.1. The molecule has 0 spiro atoms. The third-order valence-corrected chi connectivity index (χ3v) is 12.3. The van der Waals surface area contributed by atoms with Crippen LogP contribution in [0.1, 0.15) is 0 Å². The van der Waals surface area contributed by atoms with E-state index in [0.717, 1.165) is 50.1 Å². The fourth-order valence-corrected chi connectivity index (χ4v) is 9.55. The highest BCUT2D eigenvalue weighted by atomic mass is 32.1. The molecule has 0 aliphatic heterocycles. The lowest BCUT2D eigenvalue weighted by atomic mass is 9.98. The smallest absolute Gasteiger partial charge is 0.159 e. The molecule has 0 aliphatic carbocycles. The topological polar surface area (TPSA) is 16.4 Å². The maximum Gasteiger partial charge on any atom is 0.159 e. The minimum atomic E-state index is 0.858. The molecule has 2 aromatic heterocycles. The van der Waals surface area contributed by atoms with Crippen LogP contribution < -0.4 is 4.90 Å². The molecule has 0 saturated carbocycles. The molecule has 11 rings (SSSR count). The third kappa shape index (κ3) is 5.80. The summed E-state index contributed by atoms with van der Waals surface area (Å²) in [5.41, 5.74) is 14.3. The lowest BCUT2D eigenvalue weighted by Crippen LogP contribution is -2.10.